The molecule has 0 radical (unpaired) electrons. The summed E-state index contributed by atoms with van der Waals surface area (Å²) in [7, 11) is 1.78. The standard InChI is InChI=1S/C8H18N2O/c1-11-8-4-2-3-7(8)10-6-5-9/h7-8,10H,2-6,9H2,1H3. The normalized spacial score (nSPS) is 31.1. The molecular weight excluding hydrogens is 140 g/mol. The molecule has 1 fully saturated rings. The Labute approximate surface area is 68.3 Å². The zero-order chi connectivity index (χ0) is 8.10. The van der Waals surface area contributed by atoms with Crippen molar-refractivity contribution in [1.82, 2.24) is 5.32 Å². The van der Waals surface area contributed by atoms with Gasteiger partial charge in [0, 0.05) is 26.2 Å². The van der Waals surface area contributed by atoms with Gasteiger partial charge in [0.05, 0.1) is 6.10 Å². The molecule has 0 saturated heterocycles. The minimum absolute atomic E-state index is 0.418. The zero-order valence-electron chi connectivity index (χ0n) is 7.18. The first-order valence-corrected chi connectivity index (χ1v) is 4.34. The number of nitrogens with one attached hydrogen (secondary N) is 1. The van der Waals surface area contributed by atoms with E-state index in [1.165, 1.54) is 19.3 Å². The number of methoxy groups -OCH3 is 1. The Kier molecular flexibility index (Phi) is 3.83. The fourth-order valence-electron chi connectivity index (χ4n) is 1.71. The van der Waals surface area contributed by atoms with Crippen molar-refractivity contribution in [2.24, 2.45) is 5.73 Å². The van der Waals surface area contributed by atoms with Gasteiger partial charge in [0.2, 0.25) is 0 Å². The molecular formula is C8H18N2O. The first-order chi connectivity index (χ1) is 5.38. The molecule has 0 bridgehead atoms. The summed E-state index contributed by atoms with van der Waals surface area (Å²) in [6.45, 7) is 1.62. The van der Waals surface area contributed by atoms with Crippen molar-refractivity contribution < 1.29 is 4.74 Å². The molecule has 2 atom stereocenters. The van der Waals surface area contributed by atoms with Crippen LogP contribution in [0.25, 0.3) is 0 Å². The summed E-state index contributed by atoms with van der Waals surface area (Å²) in [5.41, 5.74) is 5.39. The predicted octanol–water partition coefficient (Wildman–Crippen LogP) is 0.102. The summed E-state index contributed by atoms with van der Waals surface area (Å²) >= 11 is 0. The number of hydrogen-bond donors (Lipinski definition) is 2. The summed E-state index contributed by atoms with van der Waals surface area (Å²) in [5.74, 6) is 0. The summed E-state index contributed by atoms with van der Waals surface area (Å²) in [5, 5.41) is 3.38. The van der Waals surface area contributed by atoms with Gasteiger partial charge in [0.1, 0.15) is 0 Å². The van der Waals surface area contributed by atoms with Crippen LogP contribution in [0.15, 0.2) is 0 Å². The van der Waals surface area contributed by atoms with Gasteiger partial charge in [-0.05, 0) is 19.3 Å². The molecule has 3 N–H and O–H groups in total. The molecule has 0 heterocycles. The smallest absolute Gasteiger partial charge is 0.0724 e. The molecule has 0 aliphatic heterocycles. The van der Waals surface area contributed by atoms with Crippen LogP contribution in [0.2, 0.25) is 0 Å². The SMILES string of the molecule is COC1CCCC1NCCN. The highest BCUT2D eigenvalue weighted by Crippen LogP contribution is 2.20. The van der Waals surface area contributed by atoms with Crippen LogP contribution in [-0.2, 0) is 4.74 Å². The quantitative estimate of drug-likeness (QED) is 0.610. The van der Waals surface area contributed by atoms with Gasteiger partial charge in [-0.25, -0.2) is 0 Å². The van der Waals surface area contributed by atoms with Crippen molar-refractivity contribution in [3.63, 3.8) is 0 Å². The molecule has 2 unspecified atom stereocenters. The van der Waals surface area contributed by atoms with Crippen molar-refractivity contribution in [2.45, 2.75) is 31.4 Å². The fourth-order valence-corrected chi connectivity index (χ4v) is 1.71. The predicted molar refractivity (Wildman–Crippen MR) is 45.5 cm³/mol. The van der Waals surface area contributed by atoms with Crippen molar-refractivity contribution in [3.05, 3.63) is 0 Å². The van der Waals surface area contributed by atoms with Crippen LogP contribution in [0, 0.1) is 0 Å². The van der Waals surface area contributed by atoms with Gasteiger partial charge in [-0.1, -0.05) is 0 Å². The third kappa shape index (κ3) is 2.43. The van der Waals surface area contributed by atoms with Crippen molar-refractivity contribution in [3.8, 4) is 0 Å². The molecule has 66 valence electrons. The maximum Gasteiger partial charge on any atom is 0.0724 e. The fraction of sp³-hybridized carbons (Fsp3) is 1.00. The number of ether oxygens (including phenoxy) is 1. The molecule has 0 aromatic carbocycles. The number of hydrogen-bond acceptors (Lipinski definition) is 3. The van der Waals surface area contributed by atoms with Gasteiger partial charge in [0.25, 0.3) is 0 Å². The third-order valence-corrected chi connectivity index (χ3v) is 2.31. The highest BCUT2D eigenvalue weighted by atomic mass is 16.5. The van der Waals surface area contributed by atoms with Crippen molar-refractivity contribution in [2.75, 3.05) is 20.2 Å². The Morgan fingerprint density at radius 1 is 1.55 bits per heavy atom. The molecule has 3 heteroatoms. The summed E-state index contributed by atoms with van der Waals surface area (Å²) in [6.07, 6.45) is 4.12. The van der Waals surface area contributed by atoms with E-state index < -0.39 is 0 Å². The Morgan fingerprint density at radius 2 is 2.36 bits per heavy atom. The van der Waals surface area contributed by atoms with Crippen LogP contribution in [0.4, 0.5) is 0 Å². The molecule has 1 rings (SSSR count). The zero-order valence-corrected chi connectivity index (χ0v) is 7.18. The van der Waals surface area contributed by atoms with Crippen LogP contribution in [0.1, 0.15) is 19.3 Å². The lowest BCUT2D eigenvalue weighted by Gasteiger charge is -2.18. The highest BCUT2D eigenvalue weighted by Gasteiger charge is 2.25. The molecule has 11 heavy (non-hydrogen) atoms. The molecule has 0 amide bonds. The van der Waals surface area contributed by atoms with E-state index in [2.05, 4.69) is 5.32 Å². The van der Waals surface area contributed by atoms with Gasteiger partial charge in [-0.3, -0.25) is 0 Å². The van der Waals surface area contributed by atoms with Gasteiger partial charge in [-0.15, -0.1) is 0 Å². The van der Waals surface area contributed by atoms with E-state index in [4.69, 9.17) is 10.5 Å². The van der Waals surface area contributed by atoms with Crippen LogP contribution >= 0.6 is 0 Å². The summed E-state index contributed by atoms with van der Waals surface area (Å²) in [4.78, 5) is 0. The maximum atomic E-state index is 5.39. The van der Waals surface area contributed by atoms with E-state index in [0.29, 0.717) is 18.7 Å². The Hall–Kier alpha value is -0.120. The summed E-state index contributed by atoms with van der Waals surface area (Å²) in [6, 6.07) is 0.545. The third-order valence-electron chi connectivity index (χ3n) is 2.31. The average Bonchev–Trinajstić information content (AvgIpc) is 2.47. The number of rotatable bonds is 4. The summed E-state index contributed by atoms with van der Waals surface area (Å²) < 4.78 is 5.32. The van der Waals surface area contributed by atoms with Gasteiger partial charge in [-0.2, -0.15) is 0 Å². The second-order valence-electron chi connectivity index (χ2n) is 3.05. The Balaban J connectivity index is 2.20. The van der Waals surface area contributed by atoms with Gasteiger partial charge in [0.15, 0.2) is 0 Å². The van der Waals surface area contributed by atoms with E-state index in [-0.39, 0.29) is 0 Å². The van der Waals surface area contributed by atoms with E-state index in [9.17, 15) is 0 Å². The lowest BCUT2D eigenvalue weighted by atomic mass is 10.2. The largest absolute Gasteiger partial charge is 0.380 e. The average molecular weight is 158 g/mol. The molecule has 1 aliphatic carbocycles. The van der Waals surface area contributed by atoms with Gasteiger partial charge < -0.3 is 15.8 Å². The van der Waals surface area contributed by atoms with E-state index in [1.807, 2.05) is 0 Å². The monoisotopic (exact) mass is 158 g/mol. The van der Waals surface area contributed by atoms with Crippen LogP contribution < -0.4 is 11.1 Å². The first kappa shape index (κ1) is 8.97. The Bertz CT molecular complexity index is 108. The lowest BCUT2D eigenvalue weighted by Crippen LogP contribution is -2.39. The van der Waals surface area contributed by atoms with Gasteiger partial charge >= 0.3 is 0 Å². The van der Waals surface area contributed by atoms with Crippen molar-refractivity contribution in [1.29, 1.82) is 0 Å². The second kappa shape index (κ2) is 4.70. The molecule has 0 spiro atoms. The van der Waals surface area contributed by atoms with Crippen LogP contribution in [0.3, 0.4) is 0 Å². The number of nitrogens with two attached hydrogens (primary N) is 1. The minimum atomic E-state index is 0.418. The molecule has 1 saturated carbocycles. The first-order valence-electron chi connectivity index (χ1n) is 4.34. The maximum absolute atomic E-state index is 5.39. The van der Waals surface area contributed by atoms with Crippen LogP contribution in [-0.4, -0.2) is 32.3 Å². The Morgan fingerprint density at radius 3 is 3.00 bits per heavy atom. The molecule has 0 aromatic rings. The highest BCUT2D eigenvalue weighted by molar-refractivity contribution is 4.83. The molecule has 1 aliphatic rings. The van der Waals surface area contributed by atoms with E-state index in [0.717, 1.165) is 6.54 Å². The van der Waals surface area contributed by atoms with E-state index in [1.54, 1.807) is 7.11 Å². The minimum Gasteiger partial charge on any atom is -0.380 e. The molecule has 0 aromatic heterocycles. The van der Waals surface area contributed by atoms with Crippen molar-refractivity contribution >= 4 is 0 Å². The molecule has 3 nitrogen and oxygen atoms in total. The second-order valence-corrected chi connectivity index (χ2v) is 3.05. The van der Waals surface area contributed by atoms with Crippen LogP contribution in [0.5, 0.6) is 0 Å². The topological polar surface area (TPSA) is 47.3 Å². The lowest BCUT2D eigenvalue weighted by molar-refractivity contribution is 0.0856. The van der Waals surface area contributed by atoms with E-state index >= 15 is 0 Å².